The summed E-state index contributed by atoms with van der Waals surface area (Å²) in [5, 5.41) is 3.42. The molecule has 1 aliphatic heterocycles. The number of nitrogens with zero attached hydrogens (tertiary/aromatic N) is 1. The number of furan rings is 1. The highest BCUT2D eigenvalue weighted by atomic mass is 16.3. The van der Waals surface area contributed by atoms with Crippen LogP contribution in [0.4, 0.5) is 0 Å². The molecule has 2 rings (SSSR count). The van der Waals surface area contributed by atoms with E-state index < -0.39 is 0 Å². The highest BCUT2D eigenvalue weighted by molar-refractivity contribution is 5.17. The Balaban J connectivity index is 1.87. The Morgan fingerprint density at radius 2 is 2.20 bits per heavy atom. The van der Waals surface area contributed by atoms with Crippen LogP contribution in [0.3, 0.4) is 0 Å². The predicted octanol–water partition coefficient (Wildman–Crippen LogP) is 3.65. The van der Waals surface area contributed by atoms with Crippen LogP contribution in [-0.2, 0) is 13.1 Å². The first kappa shape index (κ1) is 15.6. The SMILES string of the molecule is CCCNCc1occc1CN1CCC(C(C)(C)C)C1. The summed E-state index contributed by atoms with van der Waals surface area (Å²) >= 11 is 0. The molecule has 0 spiro atoms. The first-order chi connectivity index (χ1) is 9.50. The van der Waals surface area contributed by atoms with Crippen LogP contribution >= 0.6 is 0 Å². The molecule has 0 amide bonds. The molecule has 3 heteroatoms. The van der Waals surface area contributed by atoms with Crippen LogP contribution in [0.15, 0.2) is 16.7 Å². The molecule has 1 aromatic rings. The standard InChI is InChI=1S/C17H30N2O/c1-5-8-18-11-16-14(7-10-20-16)12-19-9-6-15(13-19)17(2,3)4/h7,10,15,18H,5-6,8-9,11-13H2,1-4H3. The lowest BCUT2D eigenvalue weighted by Crippen LogP contribution is -2.26. The molecular weight excluding hydrogens is 248 g/mol. The molecule has 2 heterocycles. The van der Waals surface area contributed by atoms with Crippen molar-refractivity contribution in [1.29, 1.82) is 0 Å². The third kappa shape index (κ3) is 4.10. The van der Waals surface area contributed by atoms with Gasteiger partial charge < -0.3 is 9.73 Å². The Bertz CT molecular complexity index is 405. The van der Waals surface area contributed by atoms with Crippen molar-refractivity contribution >= 4 is 0 Å². The molecule has 0 saturated carbocycles. The van der Waals surface area contributed by atoms with Crippen molar-refractivity contribution in [2.45, 2.75) is 53.6 Å². The summed E-state index contributed by atoms with van der Waals surface area (Å²) in [6.07, 6.45) is 4.32. The van der Waals surface area contributed by atoms with Gasteiger partial charge in [0.15, 0.2) is 0 Å². The van der Waals surface area contributed by atoms with E-state index in [2.05, 4.69) is 44.0 Å². The number of hydrogen-bond acceptors (Lipinski definition) is 3. The molecule has 1 atom stereocenters. The fraction of sp³-hybridized carbons (Fsp3) is 0.765. The Labute approximate surface area is 123 Å². The van der Waals surface area contributed by atoms with Crippen molar-refractivity contribution in [1.82, 2.24) is 10.2 Å². The maximum Gasteiger partial charge on any atom is 0.122 e. The van der Waals surface area contributed by atoms with Gasteiger partial charge in [-0.25, -0.2) is 0 Å². The van der Waals surface area contributed by atoms with Crippen molar-refractivity contribution in [2.75, 3.05) is 19.6 Å². The highest BCUT2D eigenvalue weighted by Crippen LogP contribution is 2.34. The lowest BCUT2D eigenvalue weighted by atomic mass is 9.80. The Hall–Kier alpha value is -0.800. The Morgan fingerprint density at radius 1 is 1.40 bits per heavy atom. The molecule has 1 aromatic heterocycles. The zero-order chi connectivity index (χ0) is 14.6. The normalized spacial score (nSPS) is 20.7. The van der Waals surface area contributed by atoms with E-state index in [1.807, 2.05) is 6.26 Å². The molecule has 3 nitrogen and oxygen atoms in total. The first-order valence-electron chi connectivity index (χ1n) is 7.99. The molecule has 1 unspecified atom stereocenters. The number of likely N-dealkylation sites (tertiary alicyclic amines) is 1. The van der Waals surface area contributed by atoms with Gasteiger partial charge in [-0.1, -0.05) is 27.7 Å². The summed E-state index contributed by atoms with van der Waals surface area (Å²) in [4.78, 5) is 2.57. The maximum atomic E-state index is 5.63. The minimum Gasteiger partial charge on any atom is -0.468 e. The quantitative estimate of drug-likeness (QED) is 0.805. The van der Waals surface area contributed by atoms with Crippen molar-refractivity contribution in [2.24, 2.45) is 11.3 Å². The summed E-state index contributed by atoms with van der Waals surface area (Å²) in [6.45, 7) is 14.6. The van der Waals surface area contributed by atoms with Gasteiger partial charge >= 0.3 is 0 Å². The fourth-order valence-electron chi connectivity index (χ4n) is 2.97. The van der Waals surface area contributed by atoms with Gasteiger partial charge in [-0.15, -0.1) is 0 Å². The topological polar surface area (TPSA) is 28.4 Å². The van der Waals surface area contributed by atoms with Crippen LogP contribution in [0.5, 0.6) is 0 Å². The zero-order valence-electron chi connectivity index (χ0n) is 13.5. The molecule has 1 saturated heterocycles. The van der Waals surface area contributed by atoms with Gasteiger partial charge in [0.25, 0.3) is 0 Å². The summed E-state index contributed by atoms with van der Waals surface area (Å²) in [7, 11) is 0. The molecular formula is C17H30N2O. The van der Waals surface area contributed by atoms with E-state index >= 15 is 0 Å². The molecule has 0 bridgehead atoms. The van der Waals surface area contributed by atoms with Gasteiger partial charge in [0.1, 0.15) is 5.76 Å². The third-order valence-corrected chi connectivity index (χ3v) is 4.44. The molecule has 1 fully saturated rings. The molecule has 114 valence electrons. The minimum atomic E-state index is 0.427. The summed E-state index contributed by atoms with van der Waals surface area (Å²) in [5.74, 6) is 1.92. The Morgan fingerprint density at radius 3 is 2.85 bits per heavy atom. The van der Waals surface area contributed by atoms with Crippen molar-refractivity contribution < 1.29 is 4.42 Å². The molecule has 1 N–H and O–H groups in total. The van der Waals surface area contributed by atoms with Crippen LogP contribution in [0.2, 0.25) is 0 Å². The van der Waals surface area contributed by atoms with Gasteiger partial charge in [0.2, 0.25) is 0 Å². The minimum absolute atomic E-state index is 0.427. The zero-order valence-corrected chi connectivity index (χ0v) is 13.5. The molecule has 20 heavy (non-hydrogen) atoms. The largest absolute Gasteiger partial charge is 0.468 e. The van der Waals surface area contributed by atoms with Gasteiger partial charge in [0, 0.05) is 18.7 Å². The first-order valence-corrected chi connectivity index (χ1v) is 7.99. The summed E-state index contributed by atoms with van der Waals surface area (Å²) < 4.78 is 5.63. The summed E-state index contributed by atoms with van der Waals surface area (Å²) in [6, 6.07) is 2.13. The lowest BCUT2D eigenvalue weighted by molar-refractivity contribution is 0.225. The van der Waals surface area contributed by atoms with E-state index in [1.165, 1.54) is 25.1 Å². The molecule has 0 aliphatic carbocycles. The van der Waals surface area contributed by atoms with Crippen LogP contribution in [0, 0.1) is 11.3 Å². The second kappa shape index (κ2) is 6.77. The van der Waals surface area contributed by atoms with E-state index in [9.17, 15) is 0 Å². The van der Waals surface area contributed by atoms with Gasteiger partial charge in [-0.05, 0) is 43.3 Å². The van der Waals surface area contributed by atoms with Crippen LogP contribution in [0.1, 0.15) is 51.9 Å². The lowest BCUT2D eigenvalue weighted by Gasteiger charge is -2.27. The third-order valence-electron chi connectivity index (χ3n) is 4.44. The van der Waals surface area contributed by atoms with Crippen LogP contribution in [0.25, 0.3) is 0 Å². The second-order valence-corrected chi connectivity index (χ2v) is 7.13. The number of hydrogen-bond donors (Lipinski definition) is 1. The van der Waals surface area contributed by atoms with E-state index in [1.54, 1.807) is 0 Å². The second-order valence-electron chi connectivity index (χ2n) is 7.13. The van der Waals surface area contributed by atoms with Crippen LogP contribution < -0.4 is 5.32 Å². The van der Waals surface area contributed by atoms with Gasteiger partial charge in [-0.2, -0.15) is 0 Å². The van der Waals surface area contributed by atoms with Gasteiger partial charge in [-0.3, -0.25) is 4.90 Å². The monoisotopic (exact) mass is 278 g/mol. The Kier molecular flexibility index (Phi) is 5.28. The van der Waals surface area contributed by atoms with E-state index in [0.29, 0.717) is 5.41 Å². The predicted molar refractivity (Wildman–Crippen MR) is 83.5 cm³/mol. The van der Waals surface area contributed by atoms with E-state index in [0.717, 1.165) is 37.7 Å². The molecule has 1 aliphatic rings. The highest BCUT2D eigenvalue weighted by Gasteiger charge is 2.31. The van der Waals surface area contributed by atoms with Gasteiger partial charge in [0.05, 0.1) is 12.8 Å². The number of nitrogens with one attached hydrogen (secondary N) is 1. The average molecular weight is 278 g/mol. The summed E-state index contributed by atoms with van der Waals surface area (Å²) in [5.41, 5.74) is 1.78. The molecule has 0 aromatic carbocycles. The van der Waals surface area contributed by atoms with Crippen molar-refractivity contribution in [3.8, 4) is 0 Å². The fourth-order valence-corrected chi connectivity index (χ4v) is 2.97. The van der Waals surface area contributed by atoms with E-state index in [4.69, 9.17) is 4.42 Å². The van der Waals surface area contributed by atoms with Crippen LogP contribution in [-0.4, -0.2) is 24.5 Å². The smallest absolute Gasteiger partial charge is 0.122 e. The van der Waals surface area contributed by atoms with Crippen molar-refractivity contribution in [3.05, 3.63) is 23.7 Å². The number of rotatable bonds is 6. The molecule has 0 radical (unpaired) electrons. The van der Waals surface area contributed by atoms with E-state index in [-0.39, 0.29) is 0 Å². The average Bonchev–Trinajstić information content (AvgIpc) is 2.99. The maximum absolute atomic E-state index is 5.63. The van der Waals surface area contributed by atoms with Crippen molar-refractivity contribution in [3.63, 3.8) is 0 Å².